The van der Waals surface area contributed by atoms with Crippen molar-refractivity contribution in [3.05, 3.63) is 53.6 Å². The van der Waals surface area contributed by atoms with E-state index in [9.17, 15) is 9.90 Å². The number of aromatic carboxylic acids is 1. The first-order valence-electron chi connectivity index (χ1n) is 8.78. The van der Waals surface area contributed by atoms with Crippen LogP contribution >= 0.6 is 0 Å². The summed E-state index contributed by atoms with van der Waals surface area (Å²) in [5.41, 5.74) is 1.53. The highest BCUT2D eigenvalue weighted by Crippen LogP contribution is 2.36. The van der Waals surface area contributed by atoms with Crippen LogP contribution in [0.25, 0.3) is 0 Å². The van der Waals surface area contributed by atoms with Gasteiger partial charge in [-0.3, -0.25) is 4.90 Å². The topological polar surface area (TPSA) is 58.4 Å². The van der Waals surface area contributed by atoms with Crippen LogP contribution in [0.4, 0.5) is 0 Å². The number of hydrogen-bond acceptors (Lipinski definition) is 3. The van der Waals surface area contributed by atoms with Gasteiger partial charge in [0.15, 0.2) is 0 Å². The molecule has 0 bridgehead atoms. The fourth-order valence-electron chi connectivity index (χ4n) is 3.75. The molecule has 0 amide bonds. The van der Waals surface area contributed by atoms with Crippen molar-refractivity contribution in [1.29, 1.82) is 0 Å². The molecule has 2 heterocycles. The van der Waals surface area contributed by atoms with Crippen molar-refractivity contribution in [2.24, 2.45) is 0 Å². The van der Waals surface area contributed by atoms with Crippen LogP contribution in [-0.2, 0) is 6.54 Å². The Balaban J connectivity index is 1.46. The van der Waals surface area contributed by atoms with E-state index in [0.717, 1.165) is 43.9 Å². The Labute approximate surface area is 141 Å². The van der Waals surface area contributed by atoms with E-state index < -0.39 is 5.97 Å². The van der Waals surface area contributed by atoms with E-state index in [1.165, 1.54) is 12.8 Å². The van der Waals surface area contributed by atoms with E-state index in [2.05, 4.69) is 26.7 Å². The van der Waals surface area contributed by atoms with Crippen molar-refractivity contribution in [3.63, 3.8) is 0 Å². The van der Waals surface area contributed by atoms with Gasteiger partial charge in [-0.25, -0.2) is 9.78 Å². The average Bonchev–Trinajstić information content (AvgIpc) is 3.35. The molecular formula is C19H23N3O2. The van der Waals surface area contributed by atoms with E-state index in [0.29, 0.717) is 17.5 Å². The van der Waals surface area contributed by atoms with Crippen LogP contribution < -0.4 is 0 Å². The Bertz CT molecular complexity index is 736. The molecule has 1 aliphatic heterocycles. The first kappa shape index (κ1) is 15.4. The van der Waals surface area contributed by atoms with Gasteiger partial charge in [0.2, 0.25) is 0 Å². The summed E-state index contributed by atoms with van der Waals surface area (Å²) in [5, 5.41) is 9.20. The summed E-state index contributed by atoms with van der Waals surface area (Å²) in [6, 6.07) is 8.08. The molecule has 1 aliphatic carbocycles. The number of carbonyl (C=O) groups is 1. The van der Waals surface area contributed by atoms with Crippen LogP contribution in [0.3, 0.4) is 0 Å². The lowest BCUT2D eigenvalue weighted by atomic mass is 9.89. The van der Waals surface area contributed by atoms with E-state index in [-0.39, 0.29) is 0 Å². The van der Waals surface area contributed by atoms with Gasteiger partial charge in [-0.05, 0) is 55.8 Å². The maximum Gasteiger partial charge on any atom is 0.335 e. The van der Waals surface area contributed by atoms with Crippen molar-refractivity contribution >= 4 is 5.97 Å². The van der Waals surface area contributed by atoms with Crippen LogP contribution in [0.2, 0.25) is 0 Å². The maximum atomic E-state index is 11.2. The Hall–Kier alpha value is -2.14. The molecule has 126 valence electrons. The van der Waals surface area contributed by atoms with Crippen molar-refractivity contribution in [2.45, 2.75) is 44.2 Å². The molecule has 0 unspecified atom stereocenters. The first-order valence-corrected chi connectivity index (χ1v) is 8.78. The Kier molecular flexibility index (Phi) is 4.10. The minimum absolute atomic E-state index is 0.383. The van der Waals surface area contributed by atoms with E-state index in [4.69, 9.17) is 0 Å². The number of imidazole rings is 1. The van der Waals surface area contributed by atoms with Gasteiger partial charge < -0.3 is 9.67 Å². The molecule has 2 aliphatic rings. The zero-order valence-corrected chi connectivity index (χ0v) is 13.8. The van der Waals surface area contributed by atoms with E-state index >= 15 is 0 Å². The number of piperidine rings is 1. The third kappa shape index (κ3) is 3.22. The quantitative estimate of drug-likeness (QED) is 0.916. The summed E-state index contributed by atoms with van der Waals surface area (Å²) in [7, 11) is 0. The monoisotopic (exact) mass is 325 g/mol. The van der Waals surface area contributed by atoms with Gasteiger partial charge in [0.25, 0.3) is 0 Å². The van der Waals surface area contributed by atoms with Gasteiger partial charge in [-0.1, -0.05) is 12.1 Å². The molecule has 1 aromatic heterocycles. The predicted octanol–water partition coefficient (Wildman–Crippen LogP) is 3.30. The summed E-state index contributed by atoms with van der Waals surface area (Å²) in [4.78, 5) is 18.2. The second-order valence-corrected chi connectivity index (χ2v) is 6.99. The number of nitrogens with zero attached hydrogens (tertiary/aromatic N) is 3. The summed E-state index contributed by atoms with van der Waals surface area (Å²) >= 11 is 0. The van der Waals surface area contributed by atoms with Crippen molar-refractivity contribution in [2.75, 3.05) is 13.1 Å². The highest BCUT2D eigenvalue weighted by atomic mass is 16.4. The molecule has 0 radical (unpaired) electrons. The normalized spacial score (nSPS) is 21.8. The van der Waals surface area contributed by atoms with Gasteiger partial charge in [-0.15, -0.1) is 0 Å². The van der Waals surface area contributed by atoms with Crippen LogP contribution in [0, 0.1) is 0 Å². The number of benzene rings is 1. The summed E-state index contributed by atoms with van der Waals surface area (Å²) in [5.74, 6) is 0.718. The van der Waals surface area contributed by atoms with Crippen molar-refractivity contribution in [3.8, 4) is 0 Å². The van der Waals surface area contributed by atoms with Crippen LogP contribution in [0.5, 0.6) is 0 Å². The fourth-order valence-corrected chi connectivity index (χ4v) is 3.75. The van der Waals surface area contributed by atoms with Crippen LogP contribution in [0.15, 0.2) is 36.7 Å². The molecule has 5 nitrogen and oxygen atoms in total. The number of likely N-dealkylation sites (tertiary alicyclic amines) is 1. The summed E-state index contributed by atoms with van der Waals surface area (Å²) < 4.78 is 2.33. The Morgan fingerprint density at radius 2 is 2.17 bits per heavy atom. The Morgan fingerprint density at radius 3 is 2.96 bits per heavy atom. The fraction of sp³-hybridized carbons (Fsp3) is 0.474. The molecule has 4 rings (SSSR count). The molecule has 2 fully saturated rings. The smallest absolute Gasteiger partial charge is 0.335 e. The first-order chi connectivity index (χ1) is 11.7. The van der Waals surface area contributed by atoms with E-state index in [1.807, 2.05) is 18.3 Å². The lowest BCUT2D eigenvalue weighted by Crippen LogP contribution is -2.34. The lowest BCUT2D eigenvalue weighted by molar-refractivity contribution is 0.0696. The minimum Gasteiger partial charge on any atom is -0.478 e. The molecule has 24 heavy (non-hydrogen) atoms. The molecule has 5 heteroatoms. The largest absolute Gasteiger partial charge is 0.478 e. The van der Waals surface area contributed by atoms with Crippen LogP contribution in [0.1, 0.15) is 59.4 Å². The molecule has 1 saturated heterocycles. The summed E-state index contributed by atoms with van der Waals surface area (Å²) in [6.45, 7) is 2.95. The minimum atomic E-state index is -0.851. The van der Waals surface area contributed by atoms with Crippen molar-refractivity contribution < 1.29 is 9.90 Å². The number of hydrogen-bond donors (Lipinski definition) is 1. The number of aromatic nitrogens is 2. The zero-order valence-electron chi connectivity index (χ0n) is 13.8. The third-order valence-electron chi connectivity index (χ3n) is 5.16. The van der Waals surface area contributed by atoms with E-state index in [1.54, 1.807) is 6.07 Å². The number of rotatable bonds is 5. The van der Waals surface area contributed by atoms with Gasteiger partial charge >= 0.3 is 5.97 Å². The molecule has 1 N–H and O–H groups in total. The second-order valence-electron chi connectivity index (χ2n) is 6.99. The van der Waals surface area contributed by atoms with Gasteiger partial charge in [-0.2, -0.15) is 0 Å². The number of carboxylic acids is 1. The maximum absolute atomic E-state index is 11.2. The highest BCUT2D eigenvalue weighted by Gasteiger charge is 2.27. The molecule has 1 saturated carbocycles. The Morgan fingerprint density at radius 1 is 1.29 bits per heavy atom. The number of carboxylic acid groups (broad SMARTS) is 1. The third-order valence-corrected chi connectivity index (χ3v) is 5.16. The molecule has 0 spiro atoms. The molecule has 2 aromatic rings. The SMILES string of the molecule is O=C(O)c1cccc([C@H]2CCCN(Cc3nccn3C3CC3)C2)c1. The van der Waals surface area contributed by atoms with Gasteiger partial charge in [0.1, 0.15) is 5.82 Å². The summed E-state index contributed by atoms with van der Waals surface area (Å²) in [6.07, 6.45) is 8.82. The lowest BCUT2D eigenvalue weighted by Gasteiger charge is -2.33. The standard InChI is InChI=1S/C19H23N3O2/c23-19(24)15-4-1-3-14(11-15)16-5-2-9-21(12-16)13-18-20-8-10-22(18)17-6-7-17/h1,3-4,8,10-11,16-17H,2,5-7,9,12-13H2,(H,23,24)/t16-/m0/s1. The molecule has 1 atom stereocenters. The average molecular weight is 325 g/mol. The second kappa shape index (κ2) is 6.40. The van der Waals surface area contributed by atoms with Gasteiger partial charge in [0, 0.05) is 25.0 Å². The highest BCUT2D eigenvalue weighted by molar-refractivity contribution is 5.87. The molecule has 1 aromatic carbocycles. The molecular weight excluding hydrogens is 302 g/mol. The zero-order chi connectivity index (χ0) is 16.5. The van der Waals surface area contributed by atoms with Crippen LogP contribution in [-0.4, -0.2) is 38.6 Å². The predicted molar refractivity (Wildman–Crippen MR) is 91.2 cm³/mol. The van der Waals surface area contributed by atoms with Gasteiger partial charge in [0.05, 0.1) is 12.1 Å². The van der Waals surface area contributed by atoms with Crippen molar-refractivity contribution in [1.82, 2.24) is 14.5 Å².